The third-order valence-corrected chi connectivity index (χ3v) is 15.0. The Morgan fingerprint density at radius 1 is 0.830 bits per heavy atom. The molecule has 0 aromatic rings. The first-order chi connectivity index (χ1) is 25.6. The number of ether oxygens (including phenoxy) is 3. The molecule has 6 heteroatoms. The normalized spacial score (nSPS) is 30.7. The topological polar surface area (TPSA) is 89.6 Å². The number of fused-ring (bicyclic) bond motifs is 5. The van der Waals surface area contributed by atoms with Gasteiger partial charge in [-0.25, -0.2) is 0 Å². The summed E-state index contributed by atoms with van der Waals surface area (Å²) < 4.78 is 18.6. The molecule has 0 radical (unpaired) electrons. The summed E-state index contributed by atoms with van der Waals surface area (Å²) in [6.07, 6.45) is 33.2. The van der Waals surface area contributed by atoms with Gasteiger partial charge < -0.3 is 25.3 Å². The molecule has 6 nitrogen and oxygen atoms in total. The third kappa shape index (κ3) is 13.5. The fourth-order valence-electron chi connectivity index (χ4n) is 11.8. The lowest BCUT2D eigenvalue weighted by atomic mass is 9.47. The number of unbranched alkanes of at least 4 members (excludes halogenated alkanes) is 10. The van der Waals surface area contributed by atoms with E-state index in [2.05, 4.69) is 52.9 Å². The van der Waals surface area contributed by atoms with Crippen LogP contribution in [0.15, 0.2) is 11.6 Å². The van der Waals surface area contributed by atoms with Crippen LogP contribution in [0.5, 0.6) is 0 Å². The van der Waals surface area contributed by atoms with Crippen LogP contribution in [0.25, 0.3) is 0 Å². The van der Waals surface area contributed by atoms with Gasteiger partial charge in [-0.15, -0.1) is 0 Å². The quantitative estimate of drug-likeness (QED) is 0.0337. The summed E-state index contributed by atoms with van der Waals surface area (Å²) in [5, 5.41) is 10.4. The SMILES string of the molecule is CCCCCCCCOC[C@@H](CNC(=N)N)OCCCCCCCCO[C@H]1CC[C@@]2(C)C(=CC[C@H]3[C@@H]4CC[C@H]([C@H](C)CCCC(C)C)[C@@]4(C)CC[C@@H]32)C1. The molecule has 0 spiro atoms. The van der Waals surface area contributed by atoms with Crippen molar-refractivity contribution in [2.24, 2.45) is 52.1 Å². The first kappa shape index (κ1) is 44.6. The van der Waals surface area contributed by atoms with Gasteiger partial charge in [0, 0.05) is 26.4 Å². The molecule has 0 aliphatic heterocycles. The molecule has 9 atom stereocenters. The second-order valence-electron chi connectivity index (χ2n) is 19.3. The Hall–Kier alpha value is -1.11. The van der Waals surface area contributed by atoms with Crippen LogP contribution in [0.4, 0.5) is 0 Å². The van der Waals surface area contributed by atoms with Crippen molar-refractivity contribution in [2.75, 3.05) is 33.0 Å². The molecule has 0 saturated heterocycles. The minimum atomic E-state index is -0.0591. The number of hydrogen-bond donors (Lipinski definition) is 3. The molecule has 0 amide bonds. The van der Waals surface area contributed by atoms with Crippen LogP contribution >= 0.6 is 0 Å². The Morgan fingerprint density at radius 3 is 2.25 bits per heavy atom. The van der Waals surface area contributed by atoms with Crippen LogP contribution in [0, 0.1) is 51.7 Å². The van der Waals surface area contributed by atoms with Crippen molar-refractivity contribution >= 4 is 5.96 Å². The molecule has 0 bridgehead atoms. The molecule has 0 aromatic carbocycles. The molecule has 4 aliphatic carbocycles. The summed E-state index contributed by atoms with van der Waals surface area (Å²) in [5.74, 6) is 5.43. The molecule has 0 heterocycles. The summed E-state index contributed by atoms with van der Waals surface area (Å²) >= 11 is 0. The molecular weight excluding hydrogens is 655 g/mol. The van der Waals surface area contributed by atoms with Crippen molar-refractivity contribution in [2.45, 2.75) is 201 Å². The van der Waals surface area contributed by atoms with E-state index in [1.54, 1.807) is 5.57 Å². The van der Waals surface area contributed by atoms with Gasteiger partial charge in [0.05, 0.1) is 18.8 Å². The molecule has 308 valence electrons. The maximum atomic E-state index is 7.50. The van der Waals surface area contributed by atoms with Gasteiger partial charge in [0.2, 0.25) is 0 Å². The fourth-order valence-corrected chi connectivity index (χ4v) is 11.8. The predicted molar refractivity (Wildman–Crippen MR) is 224 cm³/mol. The Labute approximate surface area is 328 Å². The van der Waals surface area contributed by atoms with Crippen LogP contribution in [0.1, 0.15) is 189 Å². The van der Waals surface area contributed by atoms with Gasteiger partial charge in [-0.05, 0) is 117 Å². The number of guanidine groups is 1. The minimum absolute atomic E-state index is 0.00809. The van der Waals surface area contributed by atoms with E-state index in [4.69, 9.17) is 25.4 Å². The summed E-state index contributed by atoms with van der Waals surface area (Å²) in [7, 11) is 0. The Kier molecular flexibility index (Phi) is 19.5. The molecule has 3 saturated carbocycles. The van der Waals surface area contributed by atoms with Crippen LogP contribution in [-0.4, -0.2) is 51.1 Å². The zero-order valence-corrected chi connectivity index (χ0v) is 35.8. The highest BCUT2D eigenvalue weighted by molar-refractivity contribution is 5.74. The van der Waals surface area contributed by atoms with Crippen molar-refractivity contribution in [3.63, 3.8) is 0 Å². The number of nitrogens with two attached hydrogens (primary N) is 1. The van der Waals surface area contributed by atoms with Crippen molar-refractivity contribution in [1.29, 1.82) is 5.41 Å². The van der Waals surface area contributed by atoms with Crippen LogP contribution in [0.2, 0.25) is 0 Å². The van der Waals surface area contributed by atoms with Crippen molar-refractivity contribution in [3.05, 3.63) is 11.6 Å². The minimum Gasteiger partial charge on any atom is -0.379 e. The highest BCUT2D eigenvalue weighted by Gasteiger charge is 2.59. The van der Waals surface area contributed by atoms with Gasteiger partial charge >= 0.3 is 0 Å². The smallest absolute Gasteiger partial charge is 0.185 e. The lowest BCUT2D eigenvalue weighted by molar-refractivity contribution is -0.0641. The van der Waals surface area contributed by atoms with E-state index >= 15 is 0 Å². The highest BCUT2D eigenvalue weighted by atomic mass is 16.5. The predicted octanol–water partition coefficient (Wildman–Crippen LogP) is 12.0. The van der Waals surface area contributed by atoms with E-state index in [0.29, 0.717) is 30.1 Å². The number of hydrogen-bond acceptors (Lipinski definition) is 4. The second kappa shape index (κ2) is 23.2. The van der Waals surface area contributed by atoms with Crippen LogP contribution < -0.4 is 11.1 Å². The molecule has 53 heavy (non-hydrogen) atoms. The van der Waals surface area contributed by atoms with E-state index in [0.717, 1.165) is 68.2 Å². The van der Waals surface area contributed by atoms with Gasteiger partial charge in [0.15, 0.2) is 5.96 Å². The van der Waals surface area contributed by atoms with Crippen LogP contribution in [-0.2, 0) is 14.2 Å². The standard InChI is InChI=1S/C47H87N3O3/c1-7-8-9-10-13-16-30-51-35-40(34-50-45(48)49)53-32-18-15-12-11-14-17-31-52-39-26-28-46(5)38(33-39)22-23-41-43-25-24-42(37(4)21-19-20-36(2)3)47(43,6)29-27-44(41)46/h22,36-37,39-44H,7-21,23-35H2,1-6H3,(H4,48,49,50)/t37-,39+,40-,41+,42-,43+,44+,46+,47-/m1/s1. The summed E-state index contributed by atoms with van der Waals surface area (Å²) in [6, 6.07) is 0. The van der Waals surface area contributed by atoms with E-state index in [1.165, 1.54) is 135 Å². The van der Waals surface area contributed by atoms with E-state index in [1.807, 2.05) is 0 Å². The molecule has 0 aromatic heterocycles. The zero-order valence-electron chi connectivity index (χ0n) is 35.8. The van der Waals surface area contributed by atoms with Crippen molar-refractivity contribution < 1.29 is 14.2 Å². The van der Waals surface area contributed by atoms with E-state index in [9.17, 15) is 0 Å². The van der Waals surface area contributed by atoms with E-state index in [-0.39, 0.29) is 12.1 Å². The summed E-state index contributed by atoms with van der Waals surface area (Å²) in [5.41, 5.74) is 8.28. The molecule has 4 N–H and O–H groups in total. The third-order valence-electron chi connectivity index (χ3n) is 15.0. The van der Waals surface area contributed by atoms with Crippen molar-refractivity contribution in [3.8, 4) is 0 Å². The van der Waals surface area contributed by atoms with Crippen molar-refractivity contribution in [1.82, 2.24) is 5.32 Å². The lowest BCUT2D eigenvalue weighted by Crippen LogP contribution is -2.51. The maximum Gasteiger partial charge on any atom is 0.185 e. The monoisotopic (exact) mass is 742 g/mol. The average molecular weight is 742 g/mol. The van der Waals surface area contributed by atoms with Gasteiger partial charge in [-0.3, -0.25) is 5.41 Å². The molecule has 0 unspecified atom stereocenters. The fraction of sp³-hybridized carbons (Fsp3) is 0.936. The second-order valence-corrected chi connectivity index (χ2v) is 19.3. The van der Waals surface area contributed by atoms with Crippen LogP contribution in [0.3, 0.4) is 0 Å². The van der Waals surface area contributed by atoms with E-state index < -0.39 is 0 Å². The number of rotatable bonds is 27. The summed E-state index contributed by atoms with van der Waals surface area (Å²) in [4.78, 5) is 0. The van der Waals surface area contributed by atoms with Gasteiger partial charge in [-0.1, -0.05) is 130 Å². The Morgan fingerprint density at radius 2 is 1.53 bits per heavy atom. The number of nitrogens with one attached hydrogen (secondary N) is 2. The maximum absolute atomic E-state index is 7.50. The first-order valence-electron chi connectivity index (χ1n) is 23.2. The zero-order chi connectivity index (χ0) is 38.1. The number of allylic oxidation sites excluding steroid dienone is 1. The Balaban J connectivity index is 1.07. The molecule has 3 fully saturated rings. The molecule has 4 rings (SSSR count). The largest absolute Gasteiger partial charge is 0.379 e. The first-order valence-corrected chi connectivity index (χ1v) is 23.2. The highest BCUT2D eigenvalue weighted by Crippen LogP contribution is 2.67. The lowest BCUT2D eigenvalue weighted by Gasteiger charge is -2.58. The summed E-state index contributed by atoms with van der Waals surface area (Å²) in [6.45, 7) is 18.6. The van der Waals surface area contributed by atoms with Gasteiger partial charge in [-0.2, -0.15) is 0 Å². The molecular formula is C47H87N3O3. The molecule has 4 aliphatic rings. The average Bonchev–Trinajstić information content (AvgIpc) is 3.49. The Bertz CT molecular complexity index is 1060. The van der Waals surface area contributed by atoms with Gasteiger partial charge in [0.25, 0.3) is 0 Å². The van der Waals surface area contributed by atoms with Gasteiger partial charge in [0.1, 0.15) is 0 Å².